The Morgan fingerprint density at radius 2 is 2.05 bits per heavy atom. The van der Waals surface area contributed by atoms with Gasteiger partial charge in [-0.15, -0.1) is 0 Å². The zero-order valence-electron chi connectivity index (χ0n) is 11.4. The third-order valence-electron chi connectivity index (χ3n) is 2.86. The molecule has 0 aliphatic rings. The van der Waals surface area contributed by atoms with Crippen LogP contribution < -0.4 is 0 Å². The molecule has 4 nitrogen and oxygen atoms in total. The Hall–Kier alpha value is -1.62. The quantitative estimate of drug-likeness (QED) is 0.878. The van der Waals surface area contributed by atoms with Crippen molar-refractivity contribution in [3.8, 4) is 0 Å². The summed E-state index contributed by atoms with van der Waals surface area (Å²) in [5.41, 5.74) is -0.0958. The SMILES string of the molecule is CC(C)N(CCCC(=O)O)C(=O)c1cccc(Cl)c1F. The van der Waals surface area contributed by atoms with Crippen molar-refractivity contribution < 1.29 is 19.1 Å². The first-order valence-electron chi connectivity index (χ1n) is 6.31. The van der Waals surface area contributed by atoms with Gasteiger partial charge in [-0.3, -0.25) is 9.59 Å². The Balaban J connectivity index is 2.88. The maximum atomic E-state index is 13.9. The topological polar surface area (TPSA) is 57.6 Å². The number of carboxylic acids is 1. The molecule has 20 heavy (non-hydrogen) atoms. The Labute approximate surface area is 122 Å². The molecule has 0 aliphatic heterocycles. The van der Waals surface area contributed by atoms with Gasteiger partial charge in [0.05, 0.1) is 10.6 Å². The lowest BCUT2D eigenvalue weighted by Crippen LogP contribution is -2.38. The Morgan fingerprint density at radius 1 is 1.40 bits per heavy atom. The van der Waals surface area contributed by atoms with Crippen LogP contribution in [0.1, 0.15) is 37.0 Å². The van der Waals surface area contributed by atoms with E-state index in [1.807, 2.05) is 0 Å². The summed E-state index contributed by atoms with van der Waals surface area (Å²) in [6.07, 6.45) is 0.288. The van der Waals surface area contributed by atoms with Crippen molar-refractivity contribution in [1.82, 2.24) is 4.90 Å². The zero-order valence-corrected chi connectivity index (χ0v) is 12.2. The highest BCUT2D eigenvalue weighted by Crippen LogP contribution is 2.20. The van der Waals surface area contributed by atoms with Gasteiger partial charge in [0.25, 0.3) is 5.91 Å². The molecule has 0 fully saturated rings. The summed E-state index contributed by atoms with van der Waals surface area (Å²) >= 11 is 5.66. The van der Waals surface area contributed by atoms with E-state index in [9.17, 15) is 14.0 Å². The van der Waals surface area contributed by atoms with Crippen LogP contribution in [0.4, 0.5) is 4.39 Å². The highest BCUT2D eigenvalue weighted by Gasteiger charge is 2.22. The summed E-state index contributed by atoms with van der Waals surface area (Å²) in [5.74, 6) is -2.15. The third-order valence-corrected chi connectivity index (χ3v) is 3.15. The van der Waals surface area contributed by atoms with Crippen LogP contribution >= 0.6 is 11.6 Å². The molecular weight excluding hydrogens is 285 g/mol. The van der Waals surface area contributed by atoms with Gasteiger partial charge in [0.15, 0.2) is 5.82 Å². The number of carbonyl (C=O) groups excluding carboxylic acids is 1. The second-order valence-corrected chi connectivity index (χ2v) is 5.10. The van der Waals surface area contributed by atoms with E-state index in [1.54, 1.807) is 13.8 Å². The van der Waals surface area contributed by atoms with Crippen LogP contribution in [-0.4, -0.2) is 34.5 Å². The fourth-order valence-electron chi connectivity index (χ4n) is 1.82. The third kappa shape index (κ3) is 4.20. The Bertz CT molecular complexity index is 505. The standard InChI is InChI=1S/C14H17ClFNO3/c1-9(2)17(8-4-7-12(18)19)14(20)10-5-3-6-11(15)13(10)16/h3,5-6,9H,4,7-8H2,1-2H3,(H,18,19). The highest BCUT2D eigenvalue weighted by atomic mass is 35.5. The largest absolute Gasteiger partial charge is 0.481 e. The molecule has 0 bridgehead atoms. The number of amides is 1. The Morgan fingerprint density at radius 3 is 2.60 bits per heavy atom. The number of nitrogens with zero attached hydrogens (tertiary/aromatic N) is 1. The summed E-state index contributed by atoms with van der Waals surface area (Å²) in [6.45, 7) is 3.84. The fraction of sp³-hybridized carbons (Fsp3) is 0.429. The van der Waals surface area contributed by atoms with E-state index in [2.05, 4.69) is 0 Å². The minimum Gasteiger partial charge on any atom is -0.481 e. The van der Waals surface area contributed by atoms with Crippen molar-refractivity contribution in [1.29, 1.82) is 0 Å². The molecule has 110 valence electrons. The predicted octanol–water partition coefficient (Wildman–Crippen LogP) is 3.19. The number of benzene rings is 1. The number of aliphatic carboxylic acids is 1. The van der Waals surface area contributed by atoms with Crippen LogP contribution in [0.3, 0.4) is 0 Å². The fourth-order valence-corrected chi connectivity index (χ4v) is 1.99. The first kappa shape index (κ1) is 16.4. The molecule has 0 spiro atoms. The average Bonchev–Trinajstić information content (AvgIpc) is 2.36. The van der Waals surface area contributed by atoms with E-state index in [1.165, 1.54) is 23.1 Å². The normalized spacial score (nSPS) is 10.7. The van der Waals surface area contributed by atoms with Crippen LogP contribution in [0.25, 0.3) is 0 Å². The maximum absolute atomic E-state index is 13.9. The van der Waals surface area contributed by atoms with Crippen LogP contribution in [-0.2, 0) is 4.79 Å². The molecular formula is C14H17ClFNO3. The van der Waals surface area contributed by atoms with Crippen molar-refractivity contribution in [2.45, 2.75) is 32.7 Å². The van der Waals surface area contributed by atoms with Crippen LogP contribution in [0.5, 0.6) is 0 Å². The molecule has 6 heteroatoms. The van der Waals surface area contributed by atoms with Crippen LogP contribution in [0, 0.1) is 5.82 Å². The zero-order chi connectivity index (χ0) is 15.3. The summed E-state index contributed by atoms with van der Waals surface area (Å²) < 4.78 is 13.9. The van der Waals surface area contributed by atoms with Crippen molar-refractivity contribution in [3.05, 3.63) is 34.6 Å². The van der Waals surface area contributed by atoms with E-state index in [-0.39, 0.29) is 29.6 Å². The second-order valence-electron chi connectivity index (χ2n) is 4.69. The van der Waals surface area contributed by atoms with Crippen molar-refractivity contribution in [3.63, 3.8) is 0 Å². The first-order valence-corrected chi connectivity index (χ1v) is 6.69. The van der Waals surface area contributed by atoms with Gasteiger partial charge in [-0.25, -0.2) is 4.39 Å². The number of hydrogen-bond acceptors (Lipinski definition) is 2. The monoisotopic (exact) mass is 301 g/mol. The van der Waals surface area contributed by atoms with E-state index in [0.29, 0.717) is 6.42 Å². The van der Waals surface area contributed by atoms with Gasteiger partial charge >= 0.3 is 5.97 Å². The second kappa shape index (κ2) is 7.24. The van der Waals surface area contributed by atoms with E-state index >= 15 is 0 Å². The molecule has 0 atom stereocenters. The molecule has 0 aromatic heterocycles. The predicted molar refractivity (Wildman–Crippen MR) is 74.5 cm³/mol. The van der Waals surface area contributed by atoms with Crippen LogP contribution in [0.2, 0.25) is 5.02 Å². The molecule has 0 aliphatic carbocycles. The summed E-state index contributed by atoms with van der Waals surface area (Å²) in [4.78, 5) is 24.3. The van der Waals surface area contributed by atoms with Gasteiger partial charge < -0.3 is 10.0 Å². The molecule has 0 heterocycles. The number of rotatable bonds is 6. The van der Waals surface area contributed by atoms with Gasteiger partial charge in [-0.05, 0) is 32.4 Å². The molecule has 0 saturated carbocycles. The van der Waals surface area contributed by atoms with Gasteiger partial charge in [0.1, 0.15) is 0 Å². The van der Waals surface area contributed by atoms with Gasteiger partial charge in [0.2, 0.25) is 0 Å². The molecule has 1 amide bonds. The maximum Gasteiger partial charge on any atom is 0.303 e. The van der Waals surface area contributed by atoms with Gasteiger partial charge in [-0.1, -0.05) is 17.7 Å². The van der Waals surface area contributed by atoms with Gasteiger partial charge in [-0.2, -0.15) is 0 Å². The molecule has 1 aromatic rings. The number of carboxylic acid groups (broad SMARTS) is 1. The minimum absolute atomic E-state index is 0.0332. The number of hydrogen-bond donors (Lipinski definition) is 1. The lowest BCUT2D eigenvalue weighted by Gasteiger charge is -2.27. The lowest BCUT2D eigenvalue weighted by molar-refractivity contribution is -0.137. The van der Waals surface area contributed by atoms with Crippen molar-refractivity contribution in [2.24, 2.45) is 0 Å². The van der Waals surface area contributed by atoms with E-state index in [4.69, 9.17) is 16.7 Å². The molecule has 0 unspecified atom stereocenters. The molecule has 1 rings (SSSR count). The molecule has 1 N–H and O–H groups in total. The molecule has 0 radical (unpaired) electrons. The average molecular weight is 302 g/mol. The smallest absolute Gasteiger partial charge is 0.303 e. The number of halogens is 2. The van der Waals surface area contributed by atoms with Gasteiger partial charge in [0, 0.05) is 19.0 Å². The van der Waals surface area contributed by atoms with E-state index < -0.39 is 17.7 Å². The number of carbonyl (C=O) groups is 2. The van der Waals surface area contributed by atoms with Crippen molar-refractivity contribution in [2.75, 3.05) is 6.54 Å². The van der Waals surface area contributed by atoms with Crippen LogP contribution in [0.15, 0.2) is 18.2 Å². The first-order chi connectivity index (χ1) is 9.34. The van der Waals surface area contributed by atoms with E-state index in [0.717, 1.165) is 0 Å². The Kier molecular flexibility index (Phi) is 5.95. The lowest BCUT2D eigenvalue weighted by atomic mass is 10.1. The highest BCUT2D eigenvalue weighted by molar-refractivity contribution is 6.31. The van der Waals surface area contributed by atoms with Crippen molar-refractivity contribution >= 4 is 23.5 Å². The molecule has 1 aromatic carbocycles. The minimum atomic E-state index is -0.921. The summed E-state index contributed by atoms with van der Waals surface area (Å²) in [6, 6.07) is 4.09. The summed E-state index contributed by atoms with van der Waals surface area (Å²) in [7, 11) is 0. The summed E-state index contributed by atoms with van der Waals surface area (Å²) in [5, 5.41) is 8.51. The molecule has 0 saturated heterocycles.